The normalized spacial score (nSPS) is 24.4. The molecular weight excluding hydrogens is 236 g/mol. The maximum atomic E-state index is 6.15. The van der Waals surface area contributed by atoms with Gasteiger partial charge in [0, 0.05) is 16.8 Å². The summed E-state index contributed by atoms with van der Waals surface area (Å²) in [7, 11) is 0. The predicted octanol–water partition coefficient (Wildman–Crippen LogP) is 2.94. The molecule has 1 aliphatic rings. The number of fused-ring (bicyclic) bond motifs is 3. The minimum atomic E-state index is -0.282. The fourth-order valence-electron chi connectivity index (χ4n) is 3.42. The fourth-order valence-corrected chi connectivity index (χ4v) is 3.42. The van der Waals surface area contributed by atoms with E-state index in [0.717, 1.165) is 19.4 Å². The molecule has 1 aromatic carbocycles. The summed E-state index contributed by atoms with van der Waals surface area (Å²) in [4.78, 5) is 3.58. The highest BCUT2D eigenvalue weighted by atomic mass is 16.5. The van der Waals surface area contributed by atoms with Gasteiger partial charge in [-0.15, -0.1) is 0 Å². The van der Waals surface area contributed by atoms with Crippen LogP contribution < -0.4 is 5.73 Å². The van der Waals surface area contributed by atoms with Gasteiger partial charge < -0.3 is 15.5 Å². The Hall–Kier alpha value is -1.32. The van der Waals surface area contributed by atoms with Crippen LogP contribution in [0.3, 0.4) is 0 Å². The lowest BCUT2D eigenvalue weighted by molar-refractivity contribution is -0.0898. The van der Waals surface area contributed by atoms with Crippen molar-refractivity contribution >= 4 is 10.9 Å². The van der Waals surface area contributed by atoms with Crippen LogP contribution in [-0.4, -0.2) is 18.1 Å². The lowest BCUT2D eigenvalue weighted by Gasteiger charge is -2.40. The molecule has 2 unspecified atom stereocenters. The summed E-state index contributed by atoms with van der Waals surface area (Å²) in [5, 5.41) is 1.33. The maximum absolute atomic E-state index is 6.15. The molecule has 3 N–H and O–H groups in total. The van der Waals surface area contributed by atoms with Crippen LogP contribution in [0.25, 0.3) is 10.9 Å². The van der Waals surface area contributed by atoms with Crippen molar-refractivity contribution in [3.05, 3.63) is 35.5 Å². The smallest absolute Gasteiger partial charge is 0.109 e. The van der Waals surface area contributed by atoms with Gasteiger partial charge in [0.2, 0.25) is 0 Å². The minimum absolute atomic E-state index is 0.282. The lowest BCUT2D eigenvalue weighted by atomic mass is 9.80. The average Bonchev–Trinajstić information content (AvgIpc) is 2.81. The number of nitrogens with two attached hydrogens (primary N) is 1. The second-order valence-electron chi connectivity index (χ2n) is 5.57. The van der Waals surface area contributed by atoms with E-state index in [1.165, 1.54) is 22.2 Å². The summed E-state index contributed by atoms with van der Waals surface area (Å²) in [6, 6.07) is 8.50. The Kier molecular flexibility index (Phi) is 3.11. The van der Waals surface area contributed by atoms with Crippen molar-refractivity contribution in [2.24, 2.45) is 11.7 Å². The first-order chi connectivity index (χ1) is 9.20. The van der Waals surface area contributed by atoms with Crippen LogP contribution in [-0.2, 0) is 16.8 Å². The monoisotopic (exact) mass is 258 g/mol. The number of hydrogen-bond donors (Lipinski definition) is 2. The van der Waals surface area contributed by atoms with E-state index in [2.05, 4.69) is 43.1 Å². The average molecular weight is 258 g/mol. The van der Waals surface area contributed by atoms with Crippen LogP contribution in [0.1, 0.15) is 31.5 Å². The number of rotatable bonds is 3. The molecule has 0 bridgehead atoms. The number of para-hydroxylation sites is 1. The lowest BCUT2D eigenvalue weighted by Crippen LogP contribution is -2.42. The highest BCUT2D eigenvalue weighted by Gasteiger charge is 2.41. The van der Waals surface area contributed by atoms with Crippen molar-refractivity contribution in [3.8, 4) is 0 Å². The molecule has 2 heterocycles. The van der Waals surface area contributed by atoms with Crippen LogP contribution in [0, 0.1) is 5.92 Å². The van der Waals surface area contributed by atoms with Crippen LogP contribution in [0.15, 0.2) is 24.3 Å². The van der Waals surface area contributed by atoms with Crippen LogP contribution in [0.4, 0.5) is 0 Å². The molecule has 2 aromatic rings. The van der Waals surface area contributed by atoms with Gasteiger partial charge in [0.25, 0.3) is 0 Å². The van der Waals surface area contributed by atoms with Crippen molar-refractivity contribution in [3.63, 3.8) is 0 Å². The summed E-state index contributed by atoms with van der Waals surface area (Å²) in [5.74, 6) is 0.347. The van der Waals surface area contributed by atoms with E-state index < -0.39 is 0 Å². The number of ether oxygens (including phenoxy) is 1. The van der Waals surface area contributed by atoms with Gasteiger partial charge in [0.1, 0.15) is 5.60 Å². The second kappa shape index (κ2) is 4.66. The number of benzene rings is 1. The number of hydrogen-bond acceptors (Lipinski definition) is 2. The summed E-state index contributed by atoms with van der Waals surface area (Å²) < 4.78 is 6.15. The highest BCUT2D eigenvalue weighted by molar-refractivity contribution is 5.85. The van der Waals surface area contributed by atoms with Gasteiger partial charge in [0.05, 0.1) is 12.3 Å². The quantitative estimate of drug-likeness (QED) is 0.889. The van der Waals surface area contributed by atoms with Crippen molar-refractivity contribution in [1.29, 1.82) is 0 Å². The first kappa shape index (κ1) is 12.7. The van der Waals surface area contributed by atoms with E-state index in [-0.39, 0.29) is 5.60 Å². The zero-order valence-electron chi connectivity index (χ0n) is 11.7. The zero-order valence-corrected chi connectivity index (χ0v) is 11.7. The molecule has 0 saturated heterocycles. The minimum Gasteiger partial charge on any atom is -0.368 e. The molecule has 102 valence electrons. The summed E-state index contributed by atoms with van der Waals surface area (Å²) in [6.07, 6.45) is 2.01. The van der Waals surface area contributed by atoms with Gasteiger partial charge in [-0.3, -0.25) is 0 Å². The fraction of sp³-hybridized carbons (Fsp3) is 0.500. The molecule has 0 amide bonds. The van der Waals surface area contributed by atoms with Gasteiger partial charge in [-0.2, -0.15) is 0 Å². The molecule has 2 atom stereocenters. The van der Waals surface area contributed by atoms with E-state index in [0.29, 0.717) is 12.5 Å². The van der Waals surface area contributed by atoms with Crippen LogP contribution in [0.5, 0.6) is 0 Å². The summed E-state index contributed by atoms with van der Waals surface area (Å²) in [6.45, 7) is 5.80. The third-order valence-electron chi connectivity index (χ3n) is 4.62. The Morgan fingerprint density at radius 3 is 2.95 bits per heavy atom. The van der Waals surface area contributed by atoms with Gasteiger partial charge in [-0.05, 0) is 37.9 Å². The number of aromatic nitrogens is 1. The molecule has 1 aromatic heterocycles. The predicted molar refractivity (Wildman–Crippen MR) is 78.1 cm³/mol. The number of nitrogens with one attached hydrogen (secondary N) is 1. The molecule has 0 spiro atoms. The van der Waals surface area contributed by atoms with Gasteiger partial charge >= 0.3 is 0 Å². The van der Waals surface area contributed by atoms with E-state index >= 15 is 0 Å². The first-order valence-corrected chi connectivity index (χ1v) is 7.14. The van der Waals surface area contributed by atoms with Gasteiger partial charge in [-0.25, -0.2) is 0 Å². The number of H-pyrrole nitrogens is 1. The summed E-state index contributed by atoms with van der Waals surface area (Å²) >= 11 is 0. The largest absolute Gasteiger partial charge is 0.368 e. The zero-order chi connectivity index (χ0) is 13.5. The van der Waals surface area contributed by atoms with E-state index in [1.54, 1.807) is 0 Å². The molecule has 0 radical (unpaired) electrons. The van der Waals surface area contributed by atoms with Crippen molar-refractivity contribution in [2.45, 2.75) is 32.3 Å². The van der Waals surface area contributed by atoms with E-state index in [1.807, 2.05) is 0 Å². The van der Waals surface area contributed by atoms with Crippen molar-refractivity contribution in [2.75, 3.05) is 13.2 Å². The van der Waals surface area contributed by atoms with E-state index in [4.69, 9.17) is 10.5 Å². The SMILES string of the molecule is CCC(CN)C1(C)OCCc2c1[nH]c1ccccc21. The molecule has 1 aliphatic heterocycles. The van der Waals surface area contributed by atoms with Crippen molar-refractivity contribution in [1.82, 2.24) is 4.98 Å². The maximum Gasteiger partial charge on any atom is 0.109 e. The van der Waals surface area contributed by atoms with E-state index in [9.17, 15) is 0 Å². The molecular formula is C16H22N2O. The Morgan fingerprint density at radius 2 is 2.21 bits per heavy atom. The van der Waals surface area contributed by atoms with Gasteiger partial charge in [0.15, 0.2) is 0 Å². The molecule has 3 rings (SSSR count). The third kappa shape index (κ3) is 1.80. The molecule has 19 heavy (non-hydrogen) atoms. The number of aromatic amines is 1. The van der Waals surface area contributed by atoms with Crippen LogP contribution >= 0.6 is 0 Å². The topological polar surface area (TPSA) is 51.0 Å². The molecule has 0 aliphatic carbocycles. The Balaban J connectivity index is 2.19. The standard InChI is InChI=1S/C16H22N2O/c1-3-11(10-17)16(2)15-13(8-9-19-16)12-6-4-5-7-14(12)18-15/h4-7,11,18H,3,8-10,17H2,1-2H3. The molecule has 0 saturated carbocycles. The van der Waals surface area contributed by atoms with Crippen LogP contribution in [0.2, 0.25) is 0 Å². The second-order valence-corrected chi connectivity index (χ2v) is 5.57. The Morgan fingerprint density at radius 1 is 1.42 bits per heavy atom. The first-order valence-electron chi connectivity index (χ1n) is 7.14. The highest BCUT2D eigenvalue weighted by Crippen LogP contribution is 2.42. The third-order valence-corrected chi connectivity index (χ3v) is 4.62. The Bertz CT molecular complexity index is 585. The van der Waals surface area contributed by atoms with Gasteiger partial charge in [-0.1, -0.05) is 25.1 Å². The Labute approximate surface area is 114 Å². The summed E-state index contributed by atoms with van der Waals surface area (Å²) in [5.41, 5.74) is 9.53. The van der Waals surface area contributed by atoms with Crippen molar-refractivity contribution < 1.29 is 4.74 Å². The molecule has 3 heteroatoms. The molecule has 3 nitrogen and oxygen atoms in total. The molecule has 0 fully saturated rings.